The van der Waals surface area contributed by atoms with Gasteiger partial charge in [0, 0.05) is 18.7 Å². The summed E-state index contributed by atoms with van der Waals surface area (Å²) in [6, 6.07) is 8.19. The van der Waals surface area contributed by atoms with Crippen LogP contribution in [-0.4, -0.2) is 49.1 Å². The molecule has 0 radical (unpaired) electrons. The molecule has 6 heteroatoms. The van der Waals surface area contributed by atoms with Gasteiger partial charge >= 0.3 is 0 Å². The first-order valence-corrected chi connectivity index (χ1v) is 10.4. The number of aromatic nitrogens is 1. The predicted octanol–water partition coefficient (Wildman–Crippen LogP) is 3.44. The Hall–Kier alpha value is -2.34. The van der Waals surface area contributed by atoms with E-state index in [1.54, 1.807) is 6.26 Å². The Morgan fingerprint density at radius 1 is 1.21 bits per heavy atom. The minimum absolute atomic E-state index is 0.499. The molecule has 1 aromatic heterocycles. The lowest BCUT2D eigenvalue weighted by molar-refractivity contribution is 0.213. The van der Waals surface area contributed by atoms with Crippen LogP contribution in [0.25, 0.3) is 11.5 Å². The van der Waals surface area contributed by atoms with Gasteiger partial charge in [-0.05, 0) is 71.3 Å². The second-order valence-electron chi connectivity index (χ2n) is 7.67. The number of nitrogens with one attached hydrogen (secondary N) is 2. The van der Waals surface area contributed by atoms with E-state index in [9.17, 15) is 0 Å². The maximum absolute atomic E-state index is 5.63. The summed E-state index contributed by atoms with van der Waals surface area (Å²) in [5, 5.41) is 6.78. The normalized spacial score (nSPS) is 16.3. The summed E-state index contributed by atoms with van der Waals surface area (Å²) in [6.07, 6.45) is 5.49. The van der Waals surface area contributed by atoms with Crippen LogP contribution < -0.4 is 10.6 Å². The van der Waals surface area contributed by atoms with Crippen molar-refractivity contribution in [2.45, 2.75) is 39.7 Å². The van der Waals surface area contributed by atoms with Gasteiger partial charge in [0.15, 0.2) is 5.96 Å². The summed E-state index contributed by atoms with van der Waals surface area (Å²) >= 11 is 0. The molecule has 0 atom stereocenters. The fraction of sp³-hybridized carbons (Fsp3) is 0.545. The number of rotatable bonds is 7. The molecule has 3 rings (SSSR count). The maximum Gasteiger partial charge on any atom is 0.226 e. The van der Waals surface area contributed by atoms with E-state index in [0.717, 1.165) is 36.2 Å². The van der Waals surface area contributed by atoms with Gasteiger partial charge in [-0.15, -0.1) is 0 Å². The minimum Gasteiger partial charge on any atom is -0.444 e. The SMILES string of the molecule is CCNC(=NCc1coc(-c2ccc(C)cc2)n1)NCCC1CCN(C)CC1. The van der Waals surface area contributed by atoms with E-state index in [2.05, 4.69) is 58.5 Å². The van der Waals surface area contributed by atoms with Crippen molar-refractivity contribution in [2.24, 2.45) is 10.9 Å². The van der Waals surface area contributed by atoms with Crippen LogP contribution in [0.1, 0.15) is 37.4 Å². The highest BCUT2D eigenvalue weighted by Gasteiger charge is 2.16. The highest BCUT2D eigenvalue weighted by Crippen LogP contribution is 2.20. The van der Waals surface area contributed by atoms with Gasteiger partial charge in [-0.2, -0.15) is 0 Å². The molecule has 0 bridgehead atoms. The van der Waals surface area contributed by atoms with Crippen LogP contribution in [0, 0.1) is 12.8 Å². The number of nitrogens with zero attached hydrogens (tertiary/aromatic N) is 3. The van der Waals surface area contributed by atoms with E-state index in [1.807, 2.05) is 12.1 Å². The zero-order valence-corrected chi connectivity index (χ0v) is 17.4. The number of likely N-dealkylation sites (tertiary alicyclic amines) is 1. The first-order valence-electron chi connectivity index (χ1n) is 10.4. The van der Waals surface area contributed by atoms with Gasteiger partial charge in [-0.3, -0.25) is 0 Å². The Balaban J connectivity index is 1.50. The van der Waals surface area contributed by atoms with Gasteiger partial charge in [-0.25, -0.2) is 9.98 Å². The Bertz CT molecular complexity index is 745. The number of guanidine groups is 1. The van der Waals surface area contributed by atoms with E-state index in [4.69, 9.17) is 4.42 Å². The Kier molecular flexibility index (Phi) is 7.48. The summed E-state index contributed by atoms with van der Waals surface area (Å²) < 4.78 is 5.63. The summed E-state index contributed by atoms with van der Waals surface area (Å²) in [5.74, 6) is 2.31. The molecule has 6 nitrogen and oxygen atoms in total. The van der Waals surface area contributed by atoms with E-state index < -0.39 is 0 Å². The second kappa shape index (κ2) is 10.3. The van der Waals surface area contributed by atoms with Crippen molar-refractivity contribution in [3.05, 3.63) is 41.8 Å². The summed E-state index contributed by atoms with van der Waals surface area (Å²) in [6.45, 7) is 8.88. The molecule has 0 spiro atoms. The topological polar surface area (TPSA) is 65.7 Å². The summed E-state index contributed by atoms with van der Waals surface area (Å²) in [7, 11) is 2.21. The van der Waals surface area contributed by atoms with Gasteiger partial charge in [0.2, 0.25) is 5.89 Å². The number of benzene rings is 1. The molecule has 2 aromatic rings. The third-order valence-corrected chi connectivity index (χ3v) is 5.28. The fourth-order valence-electron chi connectivity index (χ4n) is 3.46. The molecule has 1 aliphatic rings. The van der Waals surface area contributed by atoms with Gasteiger partial charge in [-0.1, -0.05) is 17.7 Å². The van der Waals surface area contributed by atoms with Crippen molar-refractivity contribution in [2.75, 3.05) is 33.2 Å². The van der Waals surface area contributed by atoms with Gasteiger partial charge < -0.3 is 20.0 Å². The largest absolute Gasteiger partial charge is 0.444 e. The zero-order chi connectivity index (χ0) is 19.8. The van der Waals surface area contributed by atoms with Crippen molar-refractivity contribution in [1.82, 2.24) is 20.5 Å². The maximum atomic E-state index is 5.63. The molecule has 1 aromatic carbocycles. The minimum atomic E-state index is 0.499. The Labute approximate surface area is 168 Å². The van der Waals surface area contributed by atoms with Crippen LogP contribution in [0.4, 0.5) is 0 Å². The van der Waals surface area contributed by atoms with Gasteiger partial charge in [0.05, 0.1) is 6.54 Å². The monoisotopic (exact) mass is 383 g/mol. The van der Waals surface area contributed by atoms with Gasteiger partial charge in [0.1, 0.15) is 12.0 Å². The Morgan fingerprint density at radius 2 is 1.96 bits per heavy atom. The van der Waals surface area contributed by atoms with Crippen LogP contribution in [0.15, 0.2) is 39.9 Å². The molecule has 28 heavy (non-hydrogen) atoms. The molecular formula is C22H33N5O. The smallest absolute Gasteiger partial charge is 0.226 e. The molecule has 2 N–H and O–H groups in total. The van der Waals surface area contributed by atoms with Crippen LogP contribution >= 0.6 is 0 Å². The lowest BCUT2D eigenvalue weighted by atomic mass is 9.94. The van der Waals surface area contributed by atoms with Crippen LogP contribution in [0.3, 0.4) is 0 Å². The number of hydrogen-bond donors (Lipinski definition) is 2. The van der Waals surface area contributed by atoms with Crippen molar-refractivity contribution < 1.29 is 4.42 Å². The quantitative estimate of drug-likeness (QED) is 0.566. The molecule has 0 unspecified atom stereocenters. The molecule has 152 valence electrons. The highest BCUT2D eigenvalue weighted by molar-refractivity contribution is 5.79. The van der Waals surface area contributed by atoms with E-state index in [0.29, 0.717) is 12.4 Å². The van der Waals surface area contributed by atoms with Crippen molar-refractivity contribution in [3.63, 3.8) is 0 Å². The molecule has 2 heterocycles. The third kappa shape index (κ3) is 6.09. The third-order valence-electron chi connectivity index (χ3n) is 5.28. The fourth-order valence-corrected chi connectivity index (χ4v) is 3.46. The number of oxazole rings is 1. The molecular weight excluding hydrogens is 350 g/mol. The molecule has 0 amide bonds. The van der Waals surface area contributed by atoms with Crippen LogP contribution in [0.5, 0.6) is 0 Å². The average Bonchev–Trinajstić information content (AvgIpc) is 3.17. The van der Waals surface area contributed by atoms with Crippen LogP contribution in [-0.2, 0) is 6.54 Å². The molecule has 1 aliphatic heterocycles. The molecule has 1 fully saturated rings. The molecule has 0 aliphatic carbocycles. The number of piperidine rings is 1. The van der Waals surface area contributed by atoms with Crippen molar-refractivity contribution in [3.8, 4) is 11.5 Å². The molecule has 1 saturated heterocycles. The first kappa shape index (κ1) is 20.4. The number of aliphatic imine (C=N–C) groups is 1. The predicted molar refractivity (Wildman–Crippen MR) is 114 cm³/mol. The standard InChI is InChI=1S/C22H33N5O/c1-4-23-22(24-12-9-18-10-13-27(3)14-11-18)25-15-20-16-28-21(26-20)19-7-5-17(2)6-8-19/h5-8,16,18H,4,9-15H2,1-3H3,(H2,23,24,25). The van der Waals surface area contributed by atoms with E-state index >= 15 is 0 Å². The van der Waals surface area contributed by atoms with E-state index in [1.165, 1.54) is 37.9 Å². The number of hydrogen-bond acceptors (Lipinski definition) is 4. The average molecular weight is 384 g/mol. The zero-order valence-electron chi connectivity index (χ0n) is 17.4. The first-order chi connectivity index (χ1) is 13.6. The van der Waals surface area contributed by atoms with E-state index in [-0.39, 0.29) is 0 Å². The highest BCUT2D eigenvalue weighted by atomic mass is 16.3. The van der Waals surface area contributed by atoms with Gasteiger partial charge in [0.25, 0.3) is 0 Å². The van der Waals surface area contributed by atoms with Crippen molar-refractivity contribution in [1.29, 1.82) is 0 Å². The lowest BCUT2D eigenvalue weighted by Gasteiger charge is -2.29. The summed E-state index contributed by atoms with van der Waals surface area (Å²) in [5.41, 5.74) is 3.05. The number of aryl methyl sites for hydroxylation is 1. The van der Waals surface area contributed by atoms with Crippen molar-refractivity contribution >= 4 is 5.96 Å². The Morgan fingerprint density at radius 3 is 2.68 bits per heavy atom. The molecule has 0 saturated carbocycles. The van der Waals surface area contributed by atoms with Crippen LogP contribution in [0.2, 0.25) is 0 Å². The lowest BCUT2D eigenvalue weighted by Crippen LogP contribution is -2.39. The second-order valence-corrected chi connectivity index (χ2v) is 7.67. The summed E-state index contributed by atoms with van der Waals surface area (Å²) in [4.78, 5) is 11.6.